The second kappa shape index (κ2) is 2.43. The van der Waals surface area contributed by atoms with Crippen molar-refractivity contribution in [3.63, 3.8) is 0 Å². The first kappa shape index (κ1) is 8.14. The average molecular weight is 185 g/mol. The lowest BCUT2D eigenvalue weighted by Crippen LogP contribution is -2.77. The van der Waals surface area contributed by atoms with Gasteiger partial charge in [-0.3, -0.25) is 0 Å². The van der Waals surface area contributed by atoms with E-state index in [9.17, 15) is 0 Å². The molecule has 4 bridgehead atoms. The summed E-state index contributed by atoms with van der Waals surface area (Å²) in [6.07, 6.45) is 0.603. The van der Waals surface area contributed by atoms with E-state index in [2.05, 4.69) is 0 Å². The Morgan fingerprint density at radius 3 is 1.92 bits per heavy atom. The van der Waals surface area contributed by atoms with Crippen LogP contribution in [-0.2, 0) is 9.47 Å². The number of hydrogen-bond donors (Lipinski definition) is 3. The molecule has 3 aliphatic heterocycles. The van der Waals surface area contributed by atoms with Crippen LogP contribution in [0.4, 0.5) is 0 Å². The van der Waals surface area contributed by atoms with Crippen LogP contribution in [0.3, 0.4) is 0 Å². The molecule has 3 saturated heterocycles. The van der Waals surface area contributed by atoms with Crippen LogP contribution < -0.4 is 17.2 Å². The van der Waals surface area contributed by atoms with Crippen molar-refractivity contribution >= 4 is 0 Å². The van der Waals surface area contributed by atoms with Crippen molar-refractivity contribution in [3.8, 4) is 0 Å². The maximum Gasteiger partial charge on any atom is 0.159 e. The van der Waals surface area contributed by atoms with Gasteiger partial charge in [0.2, 0.25) is 0 Å². The highest BCUT2D eigenvalue weighted by molar-refractivity contribution is 5.10. The quantitative estimate of drug-likeness (QED) is 0.410. The molecule has 4 atom stereocenters. The van der Waals surface area contributed by atoms with Crippen LogP contribution in [-0.4, -0.2) is 36.6 Å². The molecule has 13 heavy (non-hydrogen) atoms. The molecule has 3 heterocycles. The Balaban J connectivity index is 1.97. The van der Waals surface area contributed by atoms with Gasteiger partial charge in [0.05, 0.1) is 18.2 Å². The smallest absolute Gasteiger partial charge is 0.159 e. The van der Waals surface area contributed by atoms with Gasteiger partial charge in [-0.2, -0.15) is 0 Å². The monoisotopic (exact) mass is 185 g/mol. The van der Waals surface area contributed by atoms with Crippen LogP contribution >= 0.6 is 0 Å². The van der Waals surface area contributed by atoms with E-state index in [1.54, 1.807) is 0 Å². The molecule has 0 radical (unpaired) electrons. The van der Waals surface area contributed by atoms with Gasteiger partial charge in [-0.15, -0.1) is 0 Å². The molecular formula is C8H15N3O2. The normalized spacial score (nSPS) is 64.4. The molecule has 5 heteroatoms. The van der Waals surface area contributed by atoms with Crippen molar-refractivity contribution in [1.29, 1.82) is 0 Å². The molecular weight excluding hydrogens is 170 g/mol. The third-order valence-corrected chi connectivity index (χ3v) is 3.59. The van der Waals surface area contributed by atoms with Gasteiger partial charge in [-0.25, -0.2) is 0 Å². The molecule has 4 fully saturated rings. The Morgan fingerprint density at radius 2 is 1.38 bits per heavy atom. The molecule has 4 unspecified atom stereocenters. The molecule has 0 aromatic carbocycles. The lowest BCUT2D eigenvalue weighted by atomic mass is 9.70. The van der Waals surface area contributed by atoms with E-state index in [4.69, 9.17) is 26.7 Å². The molecule has 6 N–H and O–H groups in total. The summed E-state index contributed by atoms with van der Waals surface area (Å²) in [5.41, 5.74) is 18.0. The summed E-state index contributed by atoms with van der Waals surface area (Å²) in [5, 5.41) is 0. The SMILES string of the molecule is NC1C2CC3OC1C(N)C(O3)C2N. The van der Waals surface area contributed by atoms with Gasteiger partial charge in [0.25, 0.3) is 0 Å². The van der Waals surface area contributed by atoms with Gasteiger partial charge in [-0.1, -0.05) is 0 Å². The first-order valence-corrected chi connectivity index (χ1v) is 4.76. The van der Waals surface area contributed by atoms with Crippen LogP contribution in [0.2, 0.25) is 0 Å². The zero-order chi connectivity index (χ0) is 9.16. The Hall–Kier alpha value is -0.200. The topological polar surface area (TPSA) is 96.5 Å². The van der Waals surface area contributed by atoms with Crippen molar-refractivity contribution < 1.29 is 9.47 Å². The van der Waals surface area contributed by atoms with Gasteiger partial charge in [0.15, 0.2) is 6.29 Å². The van der Waals surface area contributed by atoms with E-state index < -0.39 is 0 Å². The number of rotatable bonds is 0. The second-order valence-electron chi connectivity index (χ2n) is 4.26. The molecule has 5 nitrogen and oxygen atoms in total. The fourth-order valence-corrected chi connectivity index (χ4v) is 2.84. The average Bonchev–Trinajstić information content (AvgIpc) is 2.12. The van der Waals surface area contributed by atoms with E-state index in [1.165, 1.54) is 0 Å². The van der Waals surface area contributed by atoms with Crippen LogP contribution in [0.15, 0.2) is 0 Å². The van der Waals surface area contributed by atoms with Crippen LogP contribution in [0.1, 0.15) is 6.42 Å². The molecule has 0 aromatic rings. The Bertz CT molecular complexity index is 187. The summed E-state index contributed by atoms with van der Waals surface area (Å²) in [4.78, 5) is 0. The zero-order valence-electron chi connectivity index (χ0n) is 7.30. The van der Waals surface area contributed by atoms with Gasteiger partial charge >= 0.3 is 0 Å². The van der Waals surface area contributed by atoms with Gasteiger partial charge in [0.1, 0.15) is 0 Å². The zero-order valence-corrected chi connectivity index (χ0v) is 7.30. The summed E-state index contributed by atoms with van der Waals surface area (Å²) < 4.78 is 11.1. The highest BCUT2D eigenvalue weighted by atomic mass is 16.7. The number of ether oxygens (including phenoxy) is 2. The summed E-state index contributed by atoms with van der Waals surface area (Å²) in [6.45, 7) is 0. The predicted molar refractivity (Wildman–Crippen MR) is 45.6 cm³/mol. The summed E-state index contributed by atoms with van der Waals surface area (Å²) in [7, 11) is 0. The van der Waals surface area contributed by atoms with Crippen molar-refractivity contribution in [1.82, 2.24) is 0 Å². The van der Waals surface area contributed by atoms with E-state index >= 15 is 0 Å². The Labute approximate surface area is 76.5 Å². The second-order valence-corrected chi connectivity index (χ2v) is 4.26. The first-order valence-electron chi connectivity index (χ1n) is 4.76. The molecule has 74 valence electrons. The number of hydrogen-bond acceptors (Lipinski definition) is 5. The minimum absolute atomic E-state index is 0.0126. The third kappa shape index (κ3) is 0.884. The van der Waals surface area contributed by atoms with Crippen LogP contribution in [0.25, 0.3) is 0 Å². The third-order valence-electron chi connectivity index (χ3n) is 3.59. The maximum absolute atomic E-state index is 6.01. The highest BCUT2D eigenvalue weighted by Gasteiger charge is 2.57. The van der Waals surface area contributed by atoms with Gasteiger partial charge in [-0.05, 0) is 5.92 Å². The molecule has 4 aliphatic rings. The fourth-order valence-electron chi connectivity index (χ4n) is 2.84. The predicted octanol–water partition coefficient (Wildman–Crippen LogP) is -1.89. The highest BCUT2D eigenvalue weighted by Crippen LogP contribution is 2.41. The molecule has 0 amide bonds. The Morgan fingerprint density at radius 1 is 0.846 bits per heavy atom. The molecule has 1 saturated carbocycles. The summed E-state index contributed by atoms with van der Waals surface area (Å²) in [6, 6.07) is -0.180. The standard InChI is InChI=1S/C8H15N3O2/c9-4-2-1-3-12-7(4)6(11)8(13-3)5(2)10/h2-8H,1,9-11H2. The van der Waals surface area contributed by atoms with Crippen LogP contribution in [0, 0.1) is 5.92 Å². The molecule has 4 rings (SSSR count). The van der Waals surface area contributed by atoms with Crippen molar-refractivity contribution in [3.05, 3.63) is 0 Å². The van der Waals surface area contributed by atoms with Crippen molar-refractivity contribution in [2.75, 3.05) is 0 Å². The van der Waals surface area contributed by atoms with Gasteiger partial charge in [0, 0.05) is 18.5 Å². The molecule has 1 aliphatic carbocycles. The fraction of sp³-hybridized carbons (Fsp3) is 1.00. The molecule has 0 spiro atoms. The summed E-state index contributed by atoms with van der Waals surface area (Å²) >= 11 is 0. The summed E-state index contributed by atoms with van der Waals surface area (Å²) in [5.74, 6) is 0.322. The maximum atomic E-state index is 6.01. The van der Waals surface area contributed by atoms with Gasteiger partial charge < -0.3 is 26.7 Å². The lowest BCUT2D eigenvalue weighted by molar-refractivity contribution is -0.320. The minimum Gasteiger partial charge on any atom is -0.346 e. The van der Waals surface area contributed by atoms with E-state index in [1.807, 2.05) is 0 Å². The van der Waals surface area contributed by atoms with E-state index in [-0.39, 0.29) is 36.6 Å². The molecule has 0 aromatic heterocycles. The van der Waals surface area contributed by atoms with Crippen molar-refractivity contribution in [2.24, 2.45) is 23.1 Å². The first-order chi connectivity index (χ1) is 6.18. The minimum atomic E-state index is -0.155. The Kier molecular flexibility index (Phi) is 1.52. The number of nitrogens with two attached hydrogens (primary N) is 3. The largest absolute Gasteiger partial charge is 0.346 e. The van der Waals surface area contributed by atoms with E-state index in [0.29, 0.717) is 5.92 Å². The van der Waals surface area contributed by atoms with E-state index in [0.717, 1.165) is 6.42 Å². The van der Waals surface area contributed by atoms with Crippen molar-refractivity contribution in [2.45, 2.75) is 43.0 Å². The van der Waals surface area contributed by atoms with Crippen LogP contribution in [0.5, 0.6) is 0 Å². The lowest BCUT2D eigenvalue weighted by Gasteiger charge is -2.58.